The van der Waals surface area contributed by atoms with Gasteiger partial charge in [-0.3, -0.25) is 9.69 Å². The fraction of sp³-hybridized carbons (Fsp3) is 0.346. The number of hydrogen-bond donors (Lipinski definition) is 1. The number of rotatable bonds is 6. The van der Waals surface area contributed by atoms with E-state index >= 15 is 0 Å². The predicted octanol–water partition coefficient (Wildman–Crippen LogP) is 4.29. The molecule has 2 heterocycles. The van der Waals surface area contributed by atoms with Crippen LogP contribution < -0.4 is 5.56 Å². The van der Waals surface area contributed by atoms with Gasteiger partial charge in [-0.2, -0.15) is 0 Å². The van der Waals surface area contributed by atoms with Crippen molar-refractivity contribution in [1.82, 2.24) is 14.4 Å². The summed E-state index contributed by atoms with van der Waals surface area (Å²) in [6.45, 7) is 9.04. The molecule has 1 aliphatic heterocycles. The minimum Gasteiger partial charge on any atom is -0.507 e. The summed E-state index contributed by atoms with van der Waals surface area (Å²) in [5, 5.41) is 11.7. The molecule has 168 valence electrons. The molecule has 1 aromatic heterocycles. The molecule has 4 rings (SSSR count). The standard InChI is InChI=1S/C26H30ClN3O2/c1-3-28-13-15-29(16-14-28)25(21-9-11-22(27)12-10-21)24-23(31)17-19(2)30(26(24)32)18-20-7-5-4-6-8-20/h4-12,17,25,31H,3,13-16,18H2,1-2H3/t25-/m0/s1. The zero-order valence-electron chi connectivity index (χ0n) is 18.7. The first kappa shape index (κ1) is 22.6. The van der Waals surface area contributed by atoms with Crippen LogP contribution >= 0.6 is 11.6 Å². The molecular formula is C26H30ClN3O2. The van der Waals surface area contributed by atoms with E-state index in [4.69, 9.17) is 11.6 Å². The third-order valence-electron chi connectivity index (χ3n) is 6.38. The van der Waals surface area contributed by atoms with Crippen LogP contribution in [0.5, 0.6) is 5.75 Å². The van der Waals surface area contributed by atoms with Gasteiger partial charge in [0.25, 0.3) is 5.56 Å². The Hall–Kier alpha value is -2.60. The van der Waals surface area contributed by atoms with Gasteiger partial charge in [0.2, 0.25) is 0 Å². The van der Waals surface area contributed by atoms with Gasteiger partial charge in [-0.05, 0) is 42.8 Å². The largest absolute Gasteiger partial charge is 0.507 e. The summed E-state index contributed by atoms with van der Waals surface area (Å²) < 4.78 is 1.76. The highest BCUT2D eigenvalue weighted by atomic mass is 35.5. The van der Waals surface area contributed by atoms with Gasteiger partial charge in [0.1, 0.15) is 5.75 Å². The van der Waals surface area contributed by atoms with Gasteiger partial charge in [-0.25, -0.2) is 0 Å². The fourth-order valence-electron chi connectivity index (χ4n) is 4.53. The number of aryl methyl sites for hydroxylation is 1. The molecule has 3 aromatic rings. The molecule has 0 aliphatic carbocycles. The Balaban J connectivity index is 1.80. The maximum atomic E-state index is 13.8. The topological polar surface area (TPSA) is 48.7 Å². The molecule has 1 atom stereocenters. The van der Waals surface area contributed by atoms with Crippen LogP contribution in [0, 0.1) is 6.92 Å². The first-order valence-corrected chi connectivity index (χ1v) is 11.5. The Bertz CT molecular complexity index is 1100. The molecular weight excluding hydrogens is 422 g/mol. The highest BCUT2D eigenvalue weighted by Crippen LogP contribution is 2.34. The second-order valence-electron chi connectivity index (χ2n) is 8.39. The van der Waals surface area contributed by atoms with Crippen LogP contribution in [-0.4, -0.2) is 52.2 Å². The number of aromatic hydroxyl groups is 1. The zero-order valence-corrected chi connectivity index (χ0v) is 19.4. The van der Waals surface area contributed by atoms with Gasteiger partial charge in [0, 0.05) is 36.9 Å². The normalized spacial score (nSPS) is 16.2. The number of halogens is 1. The molecule has 1 fully saturated rings. The van der Waals surface area contributed by atoms with Crippen molar-refractivity contribution in [3.05, 3.63) is 98.4 Å². The Labute approximate surface area is 194 Å². The highest BCUT2D eigenvalue weighted by molar-refractivity contribution is 6.30. The van der Waals surface area contributed by atoms with Gasteiger partial charge in [-0.15, -0.1) is 0 Å². The van der Waals surface area contributed by atoms with Gasteiger partial charge < -0.3 is 14.6 Å². The Morgan fingerprint density at radius 1 is 1.00 bits per heavy atom. The molecule has 0 spiro atoms. The zero-order chi connectivity index (χ0) is 22.7. The first-order valence-electron chi connectivity index (χ1n) is 11.2. The van der Waals surface area contributed by atoms with E-state index in [1.807, 2.05) is 61.5 Å². The summed E-state index contributed by atoms with van der Waals surface area (Å²) in [5.41, 5.74) is 3.03. The van der Waals surface area contributed by atoms with Crippen molar-refractivity contribution in [2.75, 3.05) is 32.7 Å². The van der Waals surface area contributed by atoms with Gasteiger partial charge in [0.15, 0.2) is 0 Å². The molecule has 0 amide bonds. The van der Waals surface area contributed by atoms with Gasteiger partial charge in [-0.1, -0.05) is 61.0 Å². The van der Waals surface area contributed by atoms with Crippen molar-refractivity contribution in [3.8, 4) is 5.75 Å². The number of hydrogen-bond acceptors (Lipinski definition) is 4. The Morgan fingerprint density at radius 3 is 2.28 bits per heavy atom. The lowest BCUT2D eigenvalue weighted by Gasteiger charge is -2.39. The molecule has 0 bridgehead atoms. The number of pyridine rings is 1. The quantitative estimate of drug-likeness (QED) is 0.607. The van der Waals surface area contributed by atoms with E-state index in [0.29, 0.717) is 17.1 Å². The van der Waals surface area contributed by atoms with Crippen LogP contribution in [0.15, 0.2) is 65.5 Å². The maximum absolute atomic E-state index is 13.8. The van der Waals surface area contributed by atoms with Crippen molar-refractivity contribution in [1.29, 1.82) is 0 Å². The number of aromatic nitrogens is 1. The molecule has 6 heteroatoms. The number of benzene rings is 2. The van der Waals surface area contributed by atoms with E-state index in [0.717, 1.165) is 49.5 Å². The van der Waals surface area contributed by atoms with E-state index in [9.17, 15) is 9.90 Å². The first-order chi connectivity index (χ1) is 15.5. The third kappa shape index (κ3) is 4.75. The van der Waals surface area contributed by atoms with Gasteiger partial charge in [0.05, 0.1) is 18.2 Å². The van der Waals surface area contributed by atoms with Crippen LogP contribution in [-0.2, 0) is 6.54 Å². The number of likely N-dealkylation sites (N-methyl/N-ethyl adjacent to an activating group) is 1. The molecule has 1 saturated heterocycles. The second-order valence-corrected chi connectivity index (χ2v) is 8.82. The summed E-state index contributed by atoms with van der Waals surface area (Å²) >= 11 is 6.15. The van der Waals surface area contributed by atoms with Gasteiger partial charge >= 0.3 is 0 Å². The van der Waals surface area contributed by atoms with Crippen molar-refractivity contribution in [2.24, 2.45) is 0 Å². The number of nitrogens with zero attached hydrogens (tertiary/aromatic N) is 3. The van der Waals surface area contributed by atoms with Crippen LogP contribution in [0.1, 0.15) is 35.3 Å². The van der Waals surface area contributed by atoms with Crippen molar-refractivity contribution in [2.45, 2.75) is 26.4 Å². The van der Waals surface area contributed by atoms with E-state index in [2.05, 4.69) is 16.7 Å². The molecule has 0 radical (unpaired) electrons. The maximum Gasteiger partial charge on any atom is 0.259 e. The molecule has 2 aromatic carbocycles. The lowest BCUT2D eigenvalue weighted by Crippen LogP contribution is -2.48. The van der Waals surface area contributed by atoms with E-state index in [1.165, 1.54) is 0 Å². The number of piperazine rings is 1. The van der Waals surface area contributed by atoms with Crippen LogP contribution in [0.4, 0.5) is 0 Å². The minimum absolute atomic E-state index is 0.0506. The summed E-state index contributed by atoms with van der Waals surface area (Å²) in [5.74, 6) is 0.0506. The fourth-order valence-corrected chi connectivity index (χ4v) is 4.66. The summed E-state index contributed by atoms with van der Waals surface area (Å²) in [6.07, 6.45) is 0. The Morgan fingerprint density at radius 2 is 1.66 bits per heavy atom. The van der Waals surface area contributed by atoms with Crippen molar-refractivity contribution in [3.63, 3.8) is 0 Å². The average molecular weight is 452 g/mol. The van der Waals surface area contributed by atoms with Crippen LogP contribution in [0.2, 0.25) is 5.02 Å². The lowest BCUT2D eigenvalue weighted by molar-refractivity contribution is 0.111. The average Bonchev–Trinajstić information content (AvgIpc) is 2.81. The summed E-state index contributed by atoms with van der Waals surface area (Å²) in [4.78, 5) is 18.5. The Kier molecular flexibility index (Phi) is 6.99. The van der Waals surface area contributed by atoms with Crippen molar-refractivity contribution >= 4 is 11.6 Å². The van der Waals surface area contributed by atoms with E-state index in [-0.39, 0.29) is 17.4 Å². The summed E-state index contributed by atoms with van der Waals surface area (Å²) in [7, 11) is 0. The molecule has 5 nitrogen and oxygen atoms in total. The van der Waals surface area contributed by atoms with Crippen molar-refractivity contribution < 1.29 is 5.11 Å². The lowest BCUT2D eigenvalue weighted by atomic mass is 9.96. The SMILES string of the molecule is CCN1CCN([C@@H](c2ccc(Cl)cc2)c2c(O)cc(C)n(Cc3ccccc3)c2=O)CC1. The molecule has 1 aliphatic rings. The van der Waals surface area contributed by atoms with Crippen LogP contribution in [0.3, 0.4) is 0 Å². The second kappa shape index (κ2) is 9.90. The molecule has 1 N–H and O–H groups in total. The molecule has 0 unspecified atom stereocenters. The smallest absolute Gasteiger partial charge is 0.259 e. The third-order valence-corrected chi connectivity index (χ3v) is 6.64. The van der Waals surface area contributed by atoms with Crippen LogP contribution in [0.25, 0.3) is 0 Å². The summed E-state index contributed by atoms with van der Waals surface area (Å²) in [6, 6.07) is 18.9. The van der Waals surface area contributed by atoms with E-state index < -0.39 is 0 Å². The predicted molar refractivity (Wildman–Crippen MR) is 130 cm³/mol. The van der Waals surface area contributed by atoms with E-state index in [1.54, 1.807) is 10.6 Å². The molecule has 0 saturated carbocycles. The molecule has 32 heavy (non-hydrogen) atoms. The minimum atomic E-state index is -0.332. The monoisotopic (exact) mass is 451 g/mol. The highest BCUT2D eigenvalue weighted by Gasteiger charge is 2.31.